The standard InChI is InChI=1S/C26H39BrN2O5S/c1-4-7-9-13-28(12-6-3)24(32)22-26-17-18(27)21(35-26)19(25(33)34-16-10-8-5-2)20(26)23(31)29(22)14-11-15-30/h5-6,18-22,30H,2-4,7-17H2,1H3/t18?,19-,20-,21-,22?,26?/m0/s1. The number of alkyl halides is 1. The van der Waals surface area contributed by atoms with Crippen LogP contribution in [-0.2, 0) is 19.1 Å². The number of rotatable bonds is 15. The number of unbranched alkanes of at least 4 members (excludes halogenated alkanes) is 3. The molecule has 3 fully saturated rings. The normalized spacial score (nSPS) is 30.9. The number of fused-ring (bicyclic) bond motifs is 1. The van der Waals surface area contributed by atoms with Gasteiger partial charge in [-0.1, -0.05) is 47.8 Å². The number of ether oxygens (including phenoxy) is 1. The molecule has 0 radical (unpaired) electrons. The smallest absolute Gasteiger partial charge is 0.310 e. The van der Waals surface area contributed by atoms with Gasteiger partial charge in [-0.05, 0) is 32.1 Å². The number of esters is 1. The quantitative estimate of drug-likeness (QED) is 0.140. The molecule has 0 aromatic heterocycles. The van der Waals surface area contributed by atoms with Gasteiger partial charge in [0.15, 0.2) is 0 Å². The molecule has 0 aromatic rings. The molecule has 2 amide bonds. The first kappa shape index (κ1) is 28.3. The summed E-state index contributed by atoms with van der Waals surface area (Å²) in [6, 6.07) is -0.665. The minimum atomic E-state index is -0.683. The lowest BCUT2D eigenvalue weighted by molar-refractivity contribution is -0.154. The van der Waals surface area contributed by atoms with E-state index in [1.54, 1.807) is 28.8 Å². The van der Waals surface area contributed by atoms with Crippen molar-refractivity contribution in [2.24, 2.45) is 11.8 Å². The SMILES string of the molecule is C=CCCCOC(=O)[C@H]1[C@H]2C(=O)N(CCCO)C(C(=O)N(CC=C)CCCCC)C23CC(Br)[C@@H]1S3. The van der Waals surface area contributed by atoms with Gasteiger partial charge in [-0.2, -0.15) is 0 Å². The van der Waals surface area contributed by atoms with Crippen molar-refractivity contribution in [3.05, 3.63) is 25.3 Å². The van der Waals surface area contributed by atoms with Crippen LogP contribution in [0.5, 0.6) is 0 Å². The molecule has 6 atom stereocenters. The third kappa shape index (κ3) is 5.52. The van der Waals surface area contributed by atoms with Gasteiger partial charge >= 0.3 is 5.97 Å². The Labute approximate surface area is 221 Å². The second-order valence-corrected chi connectivity index (χ2v) is 12.4. The van der Waals surface area contributed by atoms with E-state index in [1.165, 1.54) is 0 Å². The highest BCUT2D eigenvalue weighted by atomic mass is 79.9. The lowest BCUT2D eigenvalue weighted by Crippen LogP contribution is -2.55. The molecule has 1 spiro atoms. The van der Waals surface area contributed by atoms with Crippen LogP contribution in [0.15, 0.2) is 25.3 Å². The van der Waals surface area contributed by atoms with E-state index in [0.717, 1.165) is 25.7 Å². The van der Waals surface area contributed by atoms with Gasteiger partial charge in [-0.3, -0.25) is 14.4 Å². The first-order chi connectivity index (χ1) is 16.9. The number of halogens is 1. The van der Waals surface area contributed by atoms with Crippen LogP contribution in [0, 0.1) is 11.8 Å². The topological polar surface area (TPSA) is 87.1 Å². The zero-order valence-corrected chi connectivity index (χ0v) is 23.1. The van der Waals surface area contributed by atoms with Gasteiger partial charge in [-0.25, -0.2) is 0 Å². The van der Waals surface area contributed by atoms with E-state index < -0.39 is 22.6 Å². The van der Waals surface area contributed by atoms with Crippen LogP contribution in [0.3, 0.4) is 0 Å². The molecule has 9 heteroatoms. The predicted octanol–water partition coefficient (Wildman–Crippen LogP) is 3.55. The van der Waals surface area contributed by atoms with E-state index in [2.05, 4.69) is 36.0 Å². The molecule has 1 N–H and O–H groups in total. The highest BCUT2D eigenvalue weighted by Gasteiger charge is 2.76. The number of aliphatic hydroxyl groups excluding tert-OH is 1. The third-order valence-electron chi connectivity index (χ3n) is 7.34. The molecule has 3 aliphatic rings. The largest absolute Gasteiger partial charge is 0.465 e. The van der Waals surface area contributed by atoms with Crippen molar-refractivity contribution in [3.8, 4) is 0 Å². The lowest BCUT2D eigenvalue weighted by Gasteiger charge is -2.37. The maximum absolute atomic E-state index is 14.1. The van der Waals surface area contributed by atoms with E-state index in [-0.39, 0.29) is 34.5 Å². The molecule has 0 aromatic carbocycles. The summed E-state index contributed by atoms with van der Waals surface area (Å²) in [5.41, 5.74) is 0. The Bertz CT molecular complexity index is 811. The van der Waals surface area contributed by atoms with Crippen molar-refractivity contribution in [1.29, 1.82) is 0 Å². The lowest BCUT2D eigenvalue weighted by atomic mass is 9.71. The summed E-state index contributed by atoms with van der Waals surface area (Å²) in [5, 5.41) is 9.38. The van der Waals surface area contributed by atoms with Crippen LogP contribution in [0.2, 0.25) is 0 Å². The molecule has 35 heavy (non-hydrogen) atoms. The summed E-state index contributed by atoms with van der Waals surface area (Å²) >= 11 is 5.38. The molecule has 0 saturated carbocycles. The van der Waals surface area contributed by atoms with Crippen LogP contribution < -0.4 is 0 Å². The fraction of sp³-hybridized carbons (Fsp3) is 0.731. The minimum absolute atomic E-state index is 0.0170. The number of hydrogen-bond donors (Lipinski definition) is 1. The monoisotopic (exact) mass is 570 g/mol. The summed E-state index contributed by atoms with van der Waals surface area (Å²) in [7, 11) is 0. The van der Waals surface area contributed by atoms with Crippen molar-refractivity contribution in [2.45, 2.75) is 72.7 Å². The van der Waals surface area contributed by atoms with Crippen molar-refractivity contribution < 1.29 is 24.2 Å². The fourth-order valence-corrected chi connectivity index (χ4v) is 9.42. The van der Waals surface area contributed by atoms with Gasteiger partial charge in [0.2, 0.25) is 11.8 Å². The van der Waals surface area contributed by atoms with E-state index in [1.807, 2.05) is 4.90 Å². The number of thioether (sulfide) groups is 1. The third-order valence-corrected chi connectivity index (χ3v) is 10.6. The molecule has 3 saturated heterocycles. The van der Waals surface area contributed by atoms with Crippen molar-refractivity contribution in [3.63, 3.8) is 0 Å². The Morgan fingerprint density at radius 3 is 2.71 bits per heavy atom. The molecular formula is C26H39BrN2O5S. The van der Waals surface area contributed by atoms with Gasteiger partial charge in [0.1, 0.15) is 6.04 Å². The Hall–Kier alpha value is -1.32. The van der Waals surface area contributed by atoms with Gasteiger partial charge in [0.25, 0.3) is 0 Å². The Morgan fingerprint density at radius 1 is 1.29 bits per heavy atom. The Morgan fingerprint density at radius 2 is 2.06 bits per heavy atom. The summed E-state index contributed by atoms with van der Waals surface area (Å²) in [4.78, 5) is 44.6. The number of allylic oxidation sites excluding steroid dienone is 1. The molecule has 7 nitrogen and oxygen atoms in total. The molecule has 3 aliphatic heterocycles. The van der Waals surface area contributed by atoms with Gasteiger partial charge in [-0.15, -0.1) is 24.9 Å². The molecule has 3 unspecified atom stereocenters. The predicted molar refractivity (Wildman–Crippen MR) is 142 cm³/mol. The summed E-state index contributed by atoms with van der Waals surface area (Å²) in [6.45, 7) is 11.2. The number of likely N-dealkylation sites (tertiary alicyclic amines) is 1. The van der Waals surface area contributed by atoms with E-state index in [0.29, 0.717) is 45.5 Å². The second-order valence-electron chi connectivity index (χ2n) is 9.65. The van der Waals surface area contributed by atoms with Gasteiger partial charge < -0.3 is 19.6 Å². The summed E-state index contributed by atoms with van der Waals surface area (Å²) in [5.74, 6) is -1.77. The average molecular weight is 572 g/mol. The highest BCUT2D eigenvalue weighted by Crippen LogP contribution is 2.68. The number of amides is 2. The summed E-state index contributed by atoms with van der Waals surface area (Å²) in [6.07, 6.45) is 8.95. The number of hydrogen-bond acceptors (Lipinski definition) is 6. The van der Waals surface area contributed by atoms with Crippen molar-refractivity contribution in [2.75, 3.05) is 32.8 Å². The van der Waals surface area contributed by atoms with Crippen LogP contribution in [-0.4, -0.2) is 86.4 Å². The van der Waals surface area contributed by atoms with Gasteiger partial charge in [0.05, 0.1) is 23.2 Å². The van der Waals surface area contributed by atoms with E-state index >= 15 is 0 Å². The Balaban J connectivity index is 1.92. The fourth-order valence-electron chi connectivity index (χ4n) is 5.83. The maximum atomic E-state index is 14.1. The number of nitrogens with zero attached hydrogens (tertiary/aromatic N) is 2. The van der Waals surface area contributed by atoms with Crippen LogP contribution >= 0.6 is 27.7 Å². The van der Waals surface area contributed by atoms with Crippen LogP contribution in [0.1, 0.15) is 51.9 Å². The highest BCUT2D eigenvalue weighted by molar-refractivity contribution is 9.09. The zero-order valence-electron chi connectivity index (χ0n) is 20.7. The molecule has 0 aliphatic carbocycles. The minimum Gasteiger partial charge on any atom is -0.465 e. The number of carbonyl (C=O) groups excluding carboxylic acids is 3. The van der Waals surface area contributed by atoms with Crippen LogP contribution in [0.4, 0.5) is 0 Å². The van der Waals surface area contributed by atoms with Gasteiger partial charge in [0, 0.05) is 36.3 Å². The summed E-state index contributed by atoms with van der Waals surface area (Å²) < 4.78 is 4.92. The molecule has 2 bridgehead atoms. The molecule has 3 rings (SSSR count). The number of aliphatic hydroxyl groups is 1. The average Bonchev–Trinajstić information content (AvgIpc) is 3.43. The van der Waals surface area contributed by atoms with Crippen molar-refractivity contribution >= 4 is 45.5 Å². The second kappa shape index (κ2) is 12.8. The Kier molecular flexibility index (Phi) is 10.3. The van der Waals surface area contributed by atoms with E-state index in [9.17, 15) is 19.5 Å². The maximum Gasteiger partial charge on any atom is 0.310 e. The molecular weight excluding hydrogens is 532 g/mol. The van der Waals surface area contributed by atoms with E-state index in [4.69, 9.17) is 4.74 Å². The molecule has 3 heterocycles. The number of carbonyl (C=O) groups is 3. The van der Waals surface area contributed by atoms with Crippen molar-refractivity contribution in [1.82, 2.24) is 9.80 Å². The zero-order chi connectivity index (χ0) is 25.6. The first-order valence-electron chi connectivity index (χ1n) is 12.8. The first-order valence-corrected chi connectivity index (χ1v) is 14.6. The molecule has 196 valence electrons. The van der Waals surface area contributed by atoms with Crippen LogP contribution in [0.25, 0.3) is 0 Å².